The molecule has 1 aromatic carbocycles. The summed E-state index contributed by atoms with van der Waals surface area (Å²) in [5.74, 6) is 0.731. The van der Waals surface area contributed by atoms with Gasteiger partial charge in [0, 0.05) is 16.0 Å². The van der Waals surface area contributed by atoms with E-state index in [9.17, 15) is 4.79 Å². The van der Waals surface area contributed by atoms with Gasteiger partial charge in [0.05, 0.1) is 24.0 Å². The number of aromatic nitrogens is 3. The first-order valence-corrected chi connectivity index (χ1v) is 9.24. The maximum Gasteiger partial charge on any atom is 0.263 e. The van der Waals surface area contributed by atoms with Gasteiger partial charge in [0.15, 0.2) is 0 Å². The molecule has 26 heavy (non-hydrogen) atoms. The number of nitrogens with zero attached hydrogens (tertiary/aromatic N) is 3. The molecule has 3 heterocycles. The van der Waals surface area contributed by atoms with Crippen LogP contribution in [0, 0.1) is 27.7 Å². The molecule has 5 nitrogen and oxygen atoms in total. The second-order valence-corrected chi connectivity index (χ2v) is 7.76. The Morgan fingerprint density at radius 3 is 2.50 bits per heavy atom. The lowest BCUT2D eigenvalue weighted by Crippen LogP contribution is -2.21. The van der Waals surface area contributed by atoms with Crippen molar-refractivity contribution < 1.29 is 4.52 Å². The van der Waals surface area contributed by atoms with Gasteiger partial charge in [-0.05, 0) is 33.3 Å². The van der Waals surface area contributed by atoms with E-state index in [1.165, 1.54) is 5.56 Å². The largest absolute Gasteiger partial charge is 0.361 e. The lowest BCUT2D eigenvalue weighted by atomic mass is 10.0. The van der Waals surface area contributed by atoms with Crippen molar-refractivity contribution in [3.63, 3.8) is 0 Å². The van der Waals surface area contributed by atoms with E-state index < -0.39 is 0 Å². The smallest absolute Gasteiger partial charge is 0.263 e. The average molecular weight is 365 g/mol. The van der Waals surface area contributed by atoms with Crippen molar-refractivity contribution in [3.8, 4) is 11.1 Å². The Labute approximate surface area is 154 Å². The minimum absolute atomic E-state index is 0.0325. The van der Waals surface area contributed by atoms with Gasteiger partial charge < -0.3 is 4.52 Å². The van der Waals surface area contributed by atoms with Crippen LogP contribution in [0.1, 0.15) is 27.5 Å². The van der Waals surface area contributed by atoms with Crippen molar-refractivity contribution in [2.75, 3.05) is 0 Å². The monoisotopic (exact) mass is 365 g/mol. The Balaban J connectivity index is 1.91. The summed E-state index contributed by atoms with van der Waals surface area (Å²) in [6, 6.07) is 8.26. The number of hydrogen-bond acceptors (Lipinski definition) is 5. The van der Waals surface area contributed by atoms with Gasteiger partial charge >= 0.3 is 0 Å². The van der Waals surface area contributed by atoms with E-state index in [2.05, 4.69) is 41.3 Å². The van der Waals surface area contributed by atoms with Gasteiger partial charge in [0.2, 0.25) is 0 Å². The van der Waals surface area contributed by atoms with E-state index in [0.29, 0.717) is 11.9 Å². The lowest BCUT2D eigenvalue weighted by Gasteiger charge is -2.07. The summed E-state index contributed by atoms with van der Waals surface area (Å²) in [7, 11) is 0. The van der Waals surface area contributed by atoms with Crippen molar-refractivity contribution in [1.29, 1.82) is 0 Å². The van der Waals surface area contributed by atoms with Crippen molar-refractivity contribution in [1.82, 2.24) is 14.7 Å². The topological polar surface area (TPSA) is 60.9 Å². The maximum atomic E-state index is 13.2. The minimum Gasteiger partial charge on any atom is -0.361 e. The van der Waals surface area contributed by atoms with Gasteiger partial charge in [-0.3, -0.25) is 9.36 Å². The number of aryl methyl sites for hydroxylation is 4. The molecular formula is C20H19N3O2S. The van der Waals surface area contributed by atoms with Gasteiger partial charge in [-0.1, -0.05) is 35.0 Å². The Hall–Kier alpha value is -2.73. The first kappa shape index (κ1) is 16.7. The Morgan fingerprint density at radius 1 is 1.12 bits per heavy atom. The van der Waals surface area contributed by atoms with Gasteiger partial charge in [0.1, 0.15) is 10.6 Å². The zero-order valence-corrected chi connectivity index (χ0v) is 16.0. The zero-order valence-electron chi connectivity index (χ0n) is 15.2. The second-order valence-electron chi connectivity index (χ2n) is 6.56. The van der Waals surface area contributed by atoms with Gasteiger partial charge in [0.25, 0.3) is 5.56 Å². The van der Waals surface area contributed by atoms with E-state index in [4.69, 9.17) is 4.52 Å². The second kappa shape index (κ2) is 6.21. The third-order valence-electron chi connectivity index (χ3n) is 4.70. The number of hydrogen-bond donors (Lipinski definition) is 0. The predicted octanol–water partition coefficient (Wildman–Crippen LogP) is 4.39. The van der Waals surface area contributed by atoms with Crippen molar-refractivity contribution in [3.05, 3.63) is 68.4 Å². The van der Waals surface area contributed by atoms with Crippen LogP contribution in [0.25, 0.3) is 21.3 Å². The van der Waals surface area contributed by atoms with Crippen LogP contribution in [0.2, 0.25) is 0 Å². The fourth-order valence-electron chi connectivity index (χ4n) is 3.22. The molecule has 4 rings (SSSR count). The fraction of sp³-hybridized carbons (Fsp3) is 0.250. The summed E-state index contributed by atoms with van der Waals surface area (Å²) in [6.45, 7) is 8.25. The van der Waals surface area contributed by atoms with Gasteiger partial charge in [-0.2, -0.15) is 0 Å². The molecule has 0 aliphatic heterocycles. The van der Waals surface area contributed by atoms with Crippen LogP contribution in [0.15, 0.2) is 39.9 Å². The van der Waals surface area contributed by atoms with E-state index in [0.717, 1.165) is 37.9 Å². The number of rotatable bonds is 3. The Bertz CT molecular complexity index is 1150. The van der Waals surface area contributed by atoms with E-state index in [1.54, 1.807) is 22.2 Å². The first-order valence-electron chi connectivity index (χ1n) is 8.43. The predicted molar refractivity (Wildman–Crippen MR) is 104 cm³/mol. The van der Waals surface area contributed by atoms with Crippen LogP contribution in [-0.2, 0) is 6.54 Å². The van der Waals surface area contributed by atoms with Crippen molar-refractivity contribution in [2.24, 2.45) is 0 Å². The average Bonchev–Trinajstić information content (AvgIpc) is 3.12. The summed E-state index contributed by atoms with van der Waals surface area (Å²) < 4.78 is 6.86. The molecule has 0 aliphatic rings. The third kappa shape index (κ3) is 2.66. The van der Waals surface area contributed by atoms with E-state index >= 15 is 0 Å². The van der Waals surface area contributed by atoms with Crippen LogP contribution < -0.4 is 5.56 Å². The molecule has 0 aliphatic carbocycles. The lowest BCUT2D eigenvalue weighted by molar-refractivity contribution is 0.392. The summed E-state index contributed by atoms with van der Waals surface area (Å²) in [6.07, 6.45) is 1.62. The number of benzene rings is 1. The Kier molecular flexibility index (Phi) is 4.00. The molecule has 0 fully saturated rings. The normalized spacial score (nSPS) is 11.4. The molecule has 0 amide bonds. The molecule has 0 radical (unpaired) electrons. The van der Waals surface area contributed by atoms with Crippen LogP contribution in [0.4, 0.5) is 0 Å². The van der Waals surface area contributed by atoms with Crippen LogP contribution in [0.3, 0.4) is 0 Å². The van der Waals surface area contributed by atoms with E-state index in [-0.39, 0.29) is 5.56 Å². The summed E-state index contributed by atoms with van der Waals surface area (Å²) in [5.41, 5.74) is 4.92. The Morgan fingerprint density at radius 2 is 1.85 bits per heavy atom. The van der Waals surface area contributed by atoms with Crippen LogP contribution >= 0.6 is 11.3 Å². The van der Waals surface area contributed by atoms with Gasteiger partial charge in [-0.25, -0.2) is 4.98 Å². The van der Waals surface area contributed by atoms with Crippen molar-refractivity contribution >= 4 is 21.6 Å². The molecular weight excluding hydrogens is 346 g/mol. The molecule has 0 saturated heterocycles. The van der Waals surface area contributed by atoms with Crippen LogP contribution in [-0.4, -0.2) is 14.7 Å². The molecule has 0 saturated carbocycles. The molecule has 0 spiro atoms. The van der Waals surface area contributed by atoms with E-state index in [1.807, 2.05) is 20.8 Å². The highest BCUT2D eigenvalue weighted by atomic mass is 32.1. The molecule has 0 N–H and O–H groups in total. The molecule has 0 atom stereocenters. The van der Waals surface area contributed by atoms with Crippen molar-refractivity contribution in [2.45, 2.75) is 34.2 Å². The molecule has 0 unspecified atom stereocenters. The summed E-state index contributed by atoms with van der Waals surface area (Å²) in [5, 5.41) is 4.66. The zero-order chi connectivity index (χ0) is 18.4. The number of thiophene rings is 1. The standard InChI is InChI=1S/C20H19N3O2S/c1-11-5-7-15(8-6-11)17-14(4)26-19-18(17)20(24)23(10-21-19)9-16-12(2)22-25-13(16)3/h5-8,10H,9H2,1-4H3. The molecule has 6 heteroatoms. The van der Waals surface area contributed by atoms with Gasteiger partial charge in [-0.15, -0.1) is 11.3 Å². The van der Waals surface area contributed by atoms with Crippen LogP contribution in [0.5, 0.6) is 0 Å². The fourth-order valence-corrected chi connectivity index (χ4v) is 4.22. The highest BCUT2D eigenvalue weighted by Gasteiger charge is 2.18. The molecule has 0 bridgehead atoms. The first-order chi connectivity index (χ1) is 12.5. The molecule has 4 aromatic rings. The maximum absolute atomic E-state index is 13.2. The quantitative estimate of drug-likeness (QED) is 0.540. The minimum atomic E-state index is -0.0325. The summed E-state index contributed by atoms with van der Waals surface area (Å²) >= 11 is 1.56. The highest BCUT2D eigenvalue weighted by Crippen LogP contribution is 2.35. The summed E-state index contributed by atoms with van der Waals surface area (Å²) in [4.78, 5) is 19.6. The number of fused-ring (bicyclic) bond motifs is 1. The molecule has 132 valence electrons. The highest BCUT2D eigenvalue weighted by molar-refractivity contribution is 7.19. The third-order valence-corrected chi connectivity index (χ3v) is 5.72. The SMILES string of the molecule is Cc1ccc(-c2c(C)sc3ncn(Cc4c(C)noc4C)c(=O)c23)cc1. The molecule has 3 aromatic heterocycles.